The fourth-order valence-corrected chi connectivity index (χ4v) is 4.51. The first-order chi connectivity index (χ1) is 15.9. The fourth-order valence-electron chi connectivity index (χ4n) is 4.18. The Hall–Kier alpha value is -2.77. The largest absolute Gasteiger partial charge is 0.383 e. The summed E-state index contributed by atoms with van der Waals surface area (Å²) in [5, 5.41) is 9.79. The number of carbonyl (C=O) groups is 1. The quantitative estimate of drug-likeness (QED) is 0.465. The zero-order valence-corrected chi connectivity index (χ0v) is 20.9. The molecule has 1 aromatic heterocycles. The summed E-state index contributed by atoms with van der Waals surface area (Å²) < 4.78 is 0. The second-order valence-electron chi connectivity index (χ2n) is 8.67. The van der Waals surface area contributed by atoms with Crippen molar-refractivity contribution in [3.63, 3.8) is 0 Å². The summed E-state index contributed by atoms with van der Waals surface area (Å²) in [6.07, 6.45) is 7.44. The van der Waals surface area contributed by atoms with Crippen LogP contribution in [0.1, 0.15) is 42.0 Å². The molecule has 3 rings (SSSR count). The third kappa shape index (κ3) is 6.62. The molecule has 1 amide bonds. The van der Waals surface area contributed by atoms with Crippen LogP contribution < -0.4 is 16.0 Å². The van der Waals surface area contributed by atoms with Crippen LogP contribution in [-0.2, 0) is 24.2 Å². The smallest absolute Gasteiger partial charge is 0.256 e. The molecular formula is C26H35N5OS. The Kier molecular flexibility index (Phi) is 8.97. The second kappa shape index (κ2) is 11.9. The lowest BCUT2D eigenvalue weighted by Crippen LogP contribution is -2.39. The maximum atomic E-state index is 12.8. The van der Waals surface area contributed by atoms with Gasteiger partial charge in [-0.3, -0.25) is 9.78 Å². The highest BCUT2D eigenvalue weighted by atomic mass is 32.1. The number of hydrogen-bond acceptors (Lipinski definition) is 5. The molecule has 0 saturated carbocycles. The van der Waals surface area contributed by atoms with Crippen LogP contribution in [0.25, 0.3) is 0 Å². The van der Waals surface area contributed by atoms with Gasteiger partial charge in [0.2, 0.25) is 0 Å². The molecule has 6 nitrogen and oxygen atoms in total. The second-order valence-corrected chi connectivity index (χ2v) is 9.08. The van der Waals surface area contributed by atoms with Gasteiger partial charge in [0.15, 0.2) is 0 Å². The van der Waals surface area contributed by atoms with Gasteiger partial charge in [0.25, 0.3) is 5.91 Å². The first-order valence-electron chi connectivity index (χ1n) is 11.6. The summed E-state index contributed by atoms with van der Waals surface area (Å²) in [5.74, 6) is -0.132. The molecule has 0 atom stereocenters. The summed E-state index contributed by atoms with van der Waals surface area (Å²) >= 11 is 5.71. The van der Waals surface area contributed by atoms with Gasteiger partial charge in [0.1, 0.15) is 4.99 Å². The number of amides is 1. The predicted molar refractivity (Wildman–Crippen MR) is 139 cm³/mol. The molecule has 176 valence electrons. The number of nitrogens with zero attached hydrogens (tertiary/aromatic N) is 2. The Balaban J connectivity index is 1.78. The number of thiocarbonyl (C=S) groups is 1. The van der Waals surface area contributed by atoms with E-state index >= 15 is 0 Å². The Morgan fingerprint density at radius 2 is 2.06 bits per heavy atom. The van der Waals surface area contributed by atoms with Crippen molar-refractivity contribution >= 4 is 28.8 Å². The van der Waals surface area contributed by atoms with Gasteiger partial charge in [0.05, 0.1) is 5.57 Å². The summed E-state index contributed by atoms with van der Waals surface area (Å²) in [5.41, 5.74) is 7.25. The number of hydrogen-bond donors (Lipinski definition) is 3. The number of aromatic nitrogens is 1. The number of benzene rings is 1. The molecule has 7 heteroatoms. The predicted octanol–water partition coefficient (Wildman–Crippen LogP) is 3.75. The molecule has 0 fully saturated rings. The molecule has 2 heterocycles. The van der Waals surface area contributed by atoms with Gasteiger partial charge in [-0.15, -0.1) is 0 Å². The van der Waals surface area contributed by atoms with E-state index in [1.807, 2.05) is 24.5 Å². The number of rotatable bonds is 10. The van der Waals surface area contributed by atoms with Crippen LogP contribution in [0.2, 0.25) is 0 Å². The van der Waals surface area contributed by atoms with E-state index in [4.69, 9.17) is 12.2 Å². The lowest BCUT2D eigenvalue weighted by molar-refractivity contribution is -0.117. The highest BCUT2D eigenvalue weighted by molar-refractivity contribution is 7.81. The van der Waals surface area contributed by atoms with Gasteiger partial charge in [-0.25, -0.2) is 0 Å². The molecule has 33 heavy (non-hydrogen) atoms. The first-order valence-corrected chi connectivity index (χ1v) is 12.0. The summed E-state index contributed by atoms with van der Waals surface area (Å²) in [6.45, 7) is 6.50. The molecule has 0 radical (unpaired) electrons. The summed E-state index contributed by atoms with van der Waals surface area (Å²) in [4.78, 5) is 19.8. The van der Waals surface area contributed by atoms with E-state index in [1.165, 1.54) is 22.3 Å². The maximum Gasteiger partial charge on any atom is 0.256 e. The van der Waals surface area contributed by atoms with Gasteiger partial charge in [-0.05, 0) is 81.2 Å². The lowest BCUT2D eigenvalue weighted by atomic mass is 10.0. The zero-order chi connectivity index (χ0) is 23.8. The number of anilines is 1. The Morgan fingerprint density at radius 1 is 1.24 bits per heavy atom. The van der Waals surface area contributed by atoms with E-state index in [1.54, 1.807) is 0 Å². The van der Waals surface area contributed by atoms with Gasteiger partial charge >= 0.3 is 0 Å². The topological polar surface area (TPSA) is 69.3 Å². The maximum absolute atomic E-state index is 12.8. The Labute approximate surface area is 202 Å². The average molecular weight is 466 g/mol. The van der Waals surface area contributed by atoms with Gasteiger partial charge in [0, 0.05) is 43.3 Å². The van der Waals surface area contributed by atoms with Gasteiger partial charge in [-0.2, -0.15) is 0 Å². The Morgan fingerprint density at radius 3 is 2.82 bits per heavy atom. The summed E-state index contributed by atoms with van der Waals surface area (Å²) in [7, 11) is 4.18. The lowest BCUT2D eigenvalue weighted by Gasteiger charge is -2.24. The fraction of sp³-hybridized carbons (Fsp3) is 0.423. The number of carbonyl (C=O) groups excluding carboxylic acids is 1. The van der Waals surface area contributed by atoms with E-state index in [0.717, 1.165) is 43.6 Å². The minimum Gasteiger partial charge on any atom is -0.383 e. The van der Waals surface area contributed by atoms with E-state index < -0.39 is 0 Å². The molecule has 2 aromatic rings. The zero-order valence-electron chi connectivity index (χ0n) is 20.1. The van der Waals surface area contributed by atoms with Crippen molar-refractivity contribution in [2.75, 3.05) is 32.5 Å². The number of aryl methyl sites for hydroxylation is 2. The molecule has 0 unspecified atom stereocenters. The van der Waals surface area contributed by atoms with Crippen molar-refractivity contribution in [3.8, 4) is 0 Å². The van der Waals surface area contributed by atoms with Crippen LogP contribution in [0.5, 0.6) is 0 Å². The van der Waals surface area contributed by atoms with E-state index in [-0.39, 0.29) is 5.91 Å². The van der Waals surface area contributed by atoms with E-state index in [2.05, 4.69) is 65.9 Å². The van der Waals surface area contributed by atoms with Crippen molar-refractivity contribution in [1.82, 2.24) is 20.5 Å². The van der Waals surface area contributed by atoms with Crippen molar-refractivity contribution in [2.24, 2.45) is 0 Å². The van der Waals surface area contributed by atoms with Crippen molar-refractivity contribution < 1.29 is 4.79 Å². The van der Waals surface area contributed by atoms with Crippen LogP contribution in [0.4, 0.5) is 5.69 Å². The highest BCUT2D eigenvalue weighted by Crippen LogP contribution is 2.23. The molecule has 1 aliphatic rings. The minimum atomic E-state index is -0.132. The van der Waals surface area contributed by atoms with Crippen molar-refractivity contribution in [1.29, 1.82) is 0 Å². The molecule has 1 aliphatic heterocycles. The molecule has 0 saturated heterocycles. The Bertz CT molecular complexity index is 1030. The number of pyridine rings is 1. The first kappa shape index (κ1) is 24.9. The van der Waals surface area contributed by atoms with E-state index in [0.29, 0.717) is 23.7 Å². The highest BCUT2D eigenvalue weighted by Gasteiger charge is 2.24. The van der Waals surface area contributed by atoms with Crippen molar-refractivity contribution in [2.45, 2.75) is 46.1 Å². The van der Waals surface area contributed by atoms with Crippen LogP contribution in [0.3, 0.4) is 0 Å². The molecule has 0 bridgehead atoms. The third-order valence-corrected chi connectivity index (χ3v) is 6.28. The van der Waals surface area contributed by atoms with Crippen LogP contribution in [-0.4, -0.2) is 48.0 Å². The molecule has 0 aliphatic carbocycles. The minimum absolute atomic E-state index is 0.132. The normalized spacial score (nSPS) is 13.8. The van der Waals surface area contributed by atoms with Gasteiger partial charge in [-0.1, -0.05) is 31.3 Å². The standard InChI is InChI=1S/C26H35N5OS/c1-5-21-18(2)8-6-10-22(21)30-26(33)24-23(12-14-28-25(24)32)29-17-20-11-13-27-16-19(20)9-7-15-31(3)4/h6,8,10-11,13,16,29H,5,7,9,12,14-15,17H2,1-4H3,(H,28,32)(H,30,33). The number of nitrogens with one attached hydrogen (secondary N) is 3. The SMILES string of the molecule is CCc1c(C)cccc1NC(=S)C1=C(NCc2ccncc2CCCN(C)C)CCNC1=O. The van der Waals surface area contributed by atoms with Crippen LogP contribution in [0, 0.1) is 6.92 Å². The third-order valence-electron chi connectivity index (χ3n) is 5.98. The molecule has 1 aromatic carbocycles. The van der Waals surface area contributed by atoms with Crippen LogP contribution >= 0.6 is 12.2 Å². The molecule has 0 spiro atoms. The van der Waals surface area contributed by atoms with Crippen LogP contribution in [0.15, 0.2) is 47.9 Å². The van der Waals surface area contributed by atoms with Crippen molar-refractivity contribution in [3.05, 3.63) is 70.2 Å². The molecular weight excluding hydrogens is 430 g/mol. The van der Waals surface area contributed by atoms with E-state index in [9.17, 15) is 4.79 Å². The summed E-state index contributed by atoms with van der Waals surface area (Å²) in [6, 6.07) is 8.17. The monoisotopic (exact) mass is 465 g/mol. The average Bonchev–Trinajstić information content (AvgIpc) is 2.78. The molecule has 3 N–H and O–H groups in total. The van der Waals surface area contributed by atoms with Gasteiger partial charge < -0.3 is 20.9 Å².